The number of ether oxygens (including phenoxy) is 1. The van der Waals surface area contributed by atoms with Crippen LogP contribution in [-0.2, 0) is 15.6 Å². The van der Waals surface area contributed by atoms with Gasteiger partial charge in [-0.15, -0.1) is 0 Å². The number of carbonyl (C=O) groups is 1. The fourth-order valence-electron chi connectivity index (χ4n) is 3.38. The third-order valence-corrected chi connectivity index (χ3v) is 5.05. The molecule has 2 aromatic rings. The van der Waals surface area contributed by atoms with Gasteiger partial charge in [0.05, 0.1) is 24.2 Å². The highest BCUT2D eigenvalue weighted by atomic mass is 32.2. The second-order valence-electron chi connectivity index (χ2n) is 6.24. The van der Waals surface area contributed by atoms with Crippen molar-refractivity contribution >= 4 is 27.4 Å². The number of amides is 2. The standard InChI is InChI=1S/C17H17N3O4S/c1-25(22,23)19-13-7-8-15-14(9-13)20-16(21)18-10-17(20,11-24-15)12-5-3-2-4-6-12/h2-9,19H,10-11H2,1H3,(H,18,21). The lowest BCUT2D eigenvalue weighted by Gasteiger charge is -2.41. The number of nitrogens with one attached hydrogen (secondary N) is 2. The predicted molar refractivity (Wildman–Crippen MR) is 94.4 cm³/mol. The Balaban J connectivity index is 1.84. The van der Waals surface area contributed by atoms with E-state index in [0.717, 1.165) is 11.8 Å². The molecule has 2 aromatic carbocycles. The van der Waals surface area contributed by atoms with E-state index in [9.17, 15) is 13.2 Å². The number of fused-ring (bicyclic) bond motifs is 3. The van der Waals surface area contributed by atoms with Crippen molar-refractivity contribution in [3.8, 4) is 5.75 Å². The molecule has 0 saturated carbocycles. The topological polar surface area (TPSA) is 87.7 Å². The molecule has 2 aliphatic heterocycles. The number of hydrogen-bond acceptors (Lipinski definition) is 4. The molecule has 25 heavy (non-hydrogen) atoms. The summed E-state index contributed by atoms with van der Waals surface area (Å²) in [5, 5.41) is 2.88. The van der Waals surface area contributed by atoms with Gasteiger partial charge in [-0.25, -0.2) is 13.2 Å². The van der Waals surface area contributed by atoms with E-state index >= 15 is 0 Å². The van der Waals surface area contributed by atoms with Gasteiger partial charge in [-0.05, 0) is 23.8 Å². The summed E-state index contributed by atoms with van der Waals surface area (Å²) in [4.78, 5) is 14.2. The molecule has 2 heterocycles. The van der Waals surface area contributed by atoms with Crippen LogP contribution in [0, 0.1) is 0 Å². The van der Waals surface area contributed by atoms with E-state index in [1.54, 1.807) is 23.1 Å². The first-order chi connectivity index (χ1) is 11.9. The maximum absolute atomic E-state index is 12.6. The van der Waals surface area contributed by atoms with Crippen LogP contribution in [0.25, 0.3) is 0 Å². The van der Waals surface area contributed by atoms with Gasteiger partial charge in [-0.3, -0.25) is 9.62 Å². The Bertz CT molecular complexity index is 946. The Kier molecular flexibility index (Phi) is 3.40. The molecule has 2 amide bonds. The Morgan fingerprint density at radius 3 is 2.68 bits per heavy atom. The lowest BCUT2D eigenvalue weighted by Crippen LogP contribution is -2.52. The van der Waals surface area contributed by atoms with Crippen LogP contribution in [0.5, 0.6) is 5.75 Å². The minimum atomic E-state index is -3.42. The summed E-state index contributed by atoms with van der Waals surface area (Å²) < 4.78 is 31.4. The maximum Gasteiger partial charge on any atom is 0.323 e. The van der Waals surface area contributed by atoms with E-state index < -0.39 is 15.6 Å². The molecule has 2 aliphatic rings. The van der Waals surface area contributed by atoms with Gasteiger partial charge in [0.15, 0.2) is 0 Å². The third kappa shape index (κ3) is 2.58. The van der Waals surface area contributed by atoms with Crippen molar-refractivity contribution < 1.29 is 17.9 Å². The summed E-state index contributed by atoms with van der Waals surface area (Å²) in [5.41, 5.74) is 1.22. The lowest BCUT2D eigenvalue weighted by atomic mass is 9.88. The Hall–Kier alpha value is -2.74. The van der Waals surface area contributed by atoms with Crippen molar-refractivity contribution in [1.29, 1.82) is 0 Å². The van der Waals surface area contributed by atoms with Crippen LogP contribution in [0.15, 0.2) is 48.5 Å². The van der Waals surface area contributed by atoms with Crippen molar-refractivity contribution in [3.63, 3.8) is 0 Å². The van der Waals surface area contributed by atoms with Crippen molar-refractivity contribution in [3.05, 3.63) is 54.1 Å². The number of sulfonamides is 1. The minimum Gasteiger partial charge on any atom is -0.488 e. The monoisotopic (exact) mass is 359 g/mol. The van der Waals surface area contributed by atoms with Gasteiger partial charge in [-0.2, -0.15) is 0 Å². The second-order valence-corrected chi connectivity index (χ2v) is 7.99. The second kappa shape index (κ2) is 5.38. The summed E-state index contributed by atoms with van der Waals surface area (Å²) in [5.74, 6) is 0.544. The number of nitrogens with zero attached hydrogens (tertiary/aromatic N) is 1. The first-order valence-electron chi connectivity index (χ1n) is 7.77. The van der Waals surface area contributed by atoms with Crippen molar-refractivity contribution in [1.82, 2.24) is 5.32 Å². The van der Waals surface area contributed by atoms with Gasteiger partial charge in [0.25, 0.3) is 0 Å². The van der Waals surface area contributed by atoms with Crippen molar-refractivity contribution in [2.24, 2.45) is 0 Å². The molecule has 2 N–H and O–H groups in total. The lowest BCUT2D eigenvalue weighted by molar-refractivity contribution is 0.206. The number of urea groups is 1. The molecular formula is C17H17N3O4S. The number of carbonyl (C=O) groups excluding carboxylic acids is 1. The SMILES string of the molecule is CS(=O)(=O)Nc1ccc2c(c1)N1C(=O)NCC1(c1ccccc1)CO2. The molecule has 0 aromatic heterocycles. The van der Waals surface area contributed by atoms with E-state index in [-0.39, 0.29) is 6.03 Å². The highest BCUT2D eigenvalue weighted by Gasteiger charge is 2.51. The molecule has 130 valence electrons. The fraction of sp³-hybridized carbons (Fsp3) is 0.235. The summed E-state index contributed by atoms with van der Waals surface area (Å²) in [6, 6.07) is 14.3. The largest absolute Gasteiger partial charge is 0.488 e. The highest BCUT2D eigenvalue weighted by Crippen LogP contribution is 2.46. The van der Waals surface area contributed by atoms with E-state index in [1.165, 1.54) is 0 Å². The van der Waals surface area contributed by atoms with Crippen LogP contribution in [0.3, 0.4) is 0 Å². The molecule has 1 unspecified atom stereocenters. The van der Waals surface area contributed by atoms with Crippen molar-refractivity contribution in [2.75, 3.05) is 29.0 Å². The van der Waals surface area contributed by atoms with Crippen LogP contribution >= 0.6 is 0 Å². The van der Waals surface area contributed by atoms with Crippen LogP contribution in [0.4, 0.5) is 16.2 Å². The summed E-state index contributed by atoms with van der Waals surface area (Å²) in [6.07, 6.45) is 1.08. The summed E-state index contributed by atoms with van der Waals surface area (Å²) >= 11 is 0. The first kappa shape index (κ1) is 15.8. The van der Waals surface area contributed by atoms with Crippen LogP contribution in [0.1, 0.15) is 5.56 Å². The average Bonchev–Trinajstić information content (AvgIpc) is 2.93. The summed E-state index contributed by atoms with van der Waals surface area (Å²) in [6.45, 7) is 0.737. The zero-order valence-electron chi connectivity index (χ0n) is 13.5. The fourth-order valence-corrected chi connectivity index (χ4v) is 3.94. The molecule has 4 rings (SSSR count). The smallest absolute Gasteiger partial charge is 0.323 e. The third-order valence-electron chi connectivity index (χ3n) is 4.44. The molecule has 0 radical (unpaired) electrons. The van der Waals surface area contributed by atoms with Crippen LogP contribution < -0.4 is 19.7 Å². The van der Waals surface area contributed by atoms with Gasteiger partial charge in [-0.1, -0.05) is 30.3 Å². The zero-order chi connectivity index (χ0) is 17.7. The zero-order valence-corrected chi connectivity index (χ0v) is 14.3. The molecule has 7 nitrogen and oxygen atoms in total. The van der Waals surface area contributed by atoms with E-state index in [0.29, 0.717) is 30.3 Å². The predicted octanol–water partition coefficient (Wildman–Crippen LogP) is 1.88. The number of rotatable bonds is 3. The van der Waals surface area contributed by atoms with Crippen LogP contribution in [0.2, 0.25) is 0 Å². The van der Waals surface area contributed by atoms with E-state index in [1.807, 2.05) is 30.3 Å². The average molecular weight is 359 g/mol. The summed E-state index contributed by atoms with van der Waals surface area (Å²) in [7, 11) is -3.42. The van der Waals surface area contributed by atoms with Crippen LogP contribution in [-0.4, -0.2) is 33.9 Å². The molecule has 0 spiro atoms. The van der Waals surface area contributed by atoms with Gasteiger partial charge in [0, 0.05) is 0 Å². The Labute approximate surface area is 145 Å². The van der Waals surface area contributed by atoms with Gasteiger partial charge in [0.2, 0.25) is 10.0 Å². The Morgan fingerprint density at radius 1 is 1.20 bits per heavy atom. The number of hydrogen-bond donors (Lipinski definition) is 2. The van der Waals surface area contributed by atoms with Crippen molar-refractivity contribution in [2.45, 2.75) is 5.54 Å². The number of benzene rings is 2. The van der Waals surface area contributed by atoms with E-state index in [4.69, 9.17) is 4.74 Å². The molecule has 1 saturated heterocycles. The molecule has 1 fully saturated rings. The molecule has 8 heteroatoms. The molecule has 0 aliphatic carbocycles. The van der Waals surface area contributed by atoms with Gasteiger partial charge < -0.3 is 10.1 Å². The van der Waals surface area contributed by atoms with E-state index in [2.05, 4.69) is 10.0 Å². The molecule has 0 bridgehead atoms. The van der Waals surface area contributed by atoms with Gasteiger partial charge in [0.1, 0.15) is 17.9 Å². The normalized spacial score (nSPS) is 21.8. The number of anilines is 2. The molecule has 1 atom stereocenters. The Morgan fingerprint density at radius 2 is 1.96 bits per heavy atom. The van der Waals surface area contributed by atoms with Gasteiger partial charge >= 0.3 is 6.03 Å². The first-order valence-corrected chi connectivity index (χ1v) is 9.66. The quantitative estimate of drug-likeness (QED) is 0.876. The molecular weight excluding hydrogens is 342 g/mol. The minimum absolute atomic E-state index is 0.232. The highest BCUT2D eigenvalue weighted by molar-refractivity contribution is 7.92. The maximum atomic E-state index is 12.6.